The maximum Gasteiger partial charge on any atom is 0.267 e. The van der Waals surface area contributed by atoms with Gasteiger partial charge in [-0.1, -0.05) is 49.2 Å². The predicted octanol–water partition coefficient (Wildman–Crippen LogP) is 4.76. The molecule has 5 heteroatoms. The molecule has 0 N–H and O–H groups in total. The number of para-hydroxylation sites is 1. The average molecular weight is 366 g/mol. The maximum absolute atomic E-state index is 13.2. The van der Waals surface area contributed by atoms with Gasteiger partial charge in [-0.2, -0.15) is 0 Å². The third kappa shape index (κ3) is 3.54. The van der Waals surface area contributed by atoms with Crippen LogP contribution in [0.2, 0.25) is 0 Å². The second-order valence-corrected chi connectivity index (χ2v) is 8.05. The smallest absolute Gasteiger partial charge is 0.267 e. The molecule has 1 saturated carbocycles. The SMILES string of the molecule is Cc1ccc(-n2c(SCC3CCCCC3)nc3ccccc3c2=O)nc1. The fraction of sp³-hybridized carbons (Fsp3) is 0.381. The van der Waals surface area contributed by atoms with E-state index in [2.05, 4.69) is 4.98 Å². The van der Waals surface area contributed by atoms with Gasteiger partial charge < -0.3 is 0 Å². The van der Waals surface area contributed by atoms with Gasteiger partial charge in [-0.3, -0.25) is 4.79 Å². The first-order valence-corrected chi connectivity index (χ1v) is 10.3. The van der Waals surface area contributed by atoms with Crippen molar-refractivity contribution in [3.05, 3.63) is 58.5 Å². The number of hydrogen-bond donors (Lipinski definition) is 0. The van der Waals surface area contributed by atoms with Crippen molar-refractivity contribution >= 4 is 22.7 Å². The van der Waals surface area contributed by atoms with Crippen molar-refractivity contribution in [3.63, 3.8) is 0 Å². The van der Waals surface area contributed by atoms with E-state index in [0.29, 0.717) is 11.2 Å². The summed E-state index contributed by atoms with van der Waals surface area (Å²) < 4.78 is 1.68. The molecule has 1 aliphatic carbocycles. The zero-order valence-corrected chi connectivity index (χ0v) is 15.8. The van der Waals surface area contributed by atoms with Crippen molar-refractivity contribution in [2.45, 2.75) is 44.2 Å². The summed E-state index contributed by atoms with van der Waals surface area (Å²) in [7, 11) is 0. The van der Waals surface area contributed by atoms with Crippen molar-refractivity contribution in [1.82, 2.24) is 14.5 Å². The summed E-state index contributed by atoms with van der Waals surface area (Å²) >= 11 is 1.69. The average Bonchev–Trinajstić information content (AvgIpc) is 2.68. The summed E-state index contributed by atoms with van der Waals surface area (Å²) in [5.74, 6) is 2.37. The lowest BCUT2D eigenvalue weighted by molar-refractivity contribution is 0.390. The fourth-order valence-corrected chi connectivity index (χ4v) is 4.74. The van der Waals surface area contributed by atoms with Crippen molar-refractivity contribution in [3.8, 4) is 5.82 Å². The molecule has 0 aliphatic heterocycles. The molecule has 1 aliphatic rings. The molecular weight excluding hydrogens is 342 g/mol. The molecule has 0 unspecified atom stereocenters. The van der Waals surface area contributed by atoms with Crippen LogP contribution in [0.15, 0.2) is 52.5 Å². The minimum Gasteiger partial charge on any atom is -0.268 e. The first-order valence-electron chi connectivity index (χ1n) is 9.30. The number of nitrogens with zero attached hydrogens (tertiary/aromatic N) is 3. The molecule has 0 radical (unpaired) electrons. The summed E-state index contributed by atoms with van der Waals surface area (Å²) in [6.07, 6.45) is 8.37. The van der Waals surface area contributed by atoms with E-state index in [4.69, 9.17) is 4.98 Å². The monoisotopic (exact) mass is 365 g/mol. The Balaban J connectivity index is 1.77. The van der Waals surface area contributed by atoms with Gasteiger partial charge in [0.2, 0.25) is 0 Å². The van der Waals surface area contributed by atoms with Crippen molar-refractivity contribution < 1.29 is 0 Å². The molecule has 2 heterocycles. The second-order valence-electron chi connectivity index (χ2n) is 7.06. The standard InChI is InChI=1S/C21H23N3OS/c1-15-11-12-19(22-13-15)24-20(25)17-9-5-6-10-18(17)23-21(24)26-14-16-7-3-2-4-8-16/h5-6,9-13,16H,2-4,7-8,14H2,1H3. The van der Waals surface area contributed by atoms with E-state index in [-0.39, 0.29) is 5.56 Å². The van der Waals surface area contributed by atoms with Crippen LogP contribution in [0, 0.1) is 12.8 Å². The molecule has 4 rings (SSSR count). The van der Waals surface area contributed by atoms with E-state index in [0.717, 1.165) is 27.9 Å². The molecular formula is C21H23N3OS. The van der Waals surface area contributed by atoms with E-state index < -0.39 is 0 Å². The molecule has 0 spiro atoms. The van der Waals surface area contributed by atoms with Gasteiger partial charge in [0.05, 0.1) is 10.9 Å². The number of fused-ring (bicyclic) bond motifs is 1. The molecule has 0 bridgehead atoms. The highest BCUT2D eigenvalue weighted by Crippen LogP contribution is 2.30. The molecule has 1 aromatic carbocycles. The zero-order valence-electron chi connectivity index (χ0n) is 15.0. The first-order chi connectivity index (χ1) is 12.7. The highest BCUT2D eigenvalue weighted by Gasteiger charge is 2.18. The minimum atomic E-state index is -0.0434. The van der Waals surface area contributed by atoms with E-state index in [1.807, 2.05) is 43.3 Å². The fourth-order valence-electron chi connectivity index (χ4n) is 3.55. The van der Waals surface area contributed by atoms with Gasteiger partial charge >= 0.3 is 0 Å². The Hall–Kier alpha value is -2.14. The van der Waals surface area contributed by atoms with Crippen LogP contribution >= 0.6 is 11.8 Å². The van der Waals surface area contributed by atoms with Crippen LogP contribution in [0.3, 0.4) is 0 Å². The van der Waals surface area contributed by atoms with Crippen LogP contribution in [0.5, 0.6) is 0 Å². The van der Waals surface area contributed by atoms with Crippen LogP contribution in [0.25, 0.3) is 16.7 Å². The van der Waals surface area contributed by atoms with Gasteiger partial charge in [0, 0.05) is 11.9 Å². The molecule has 26 heavy (non-hydrogen) atoms. The Morgan fingerprint density at radius 1 is 1.12 bits per heavy atom. The summed E-state index contributed by atoms with van der Waals surface area (Å²) in [4.78, 5) is 22.4. The third-order valence-corrected chi connectivity index (χ3v) is 6.21. The van der Waals surface area contributed by atoms with E-state index in [1.165, 1.54) is 32.1 Å². The molecule has 4 nitrogen and oxygen atoms in total. The van der Waals surface area contributed by atoms with Crippen molar-refractivity contribution in [2.24, 2.45) is 5.92 Å². The second kappa shape index (κ2) is 7.62. The van der Waals surface area contributed by atoms with Crippen molar-refractivity contribution in [1.29, 1.82) is 0 Å². The summed E-state index contributed by atoms with van der Waals surface area (Å²) in [5, 5.41) is 1.38. The molecule has 3 aromatic rings. The number of benzene rings is 1. The van der Waals surface area contributed by atoms with Crippen molar-refractivity contribution in [2.75, 3.05) is 5.75 Å². The molecule has 1 fully saturated rings. The van der Waals surface area contributed by atoms with Crippen LogP contribution < -0.4 is 5.56 Å². The number of aryl methyl sites for hydroxylation is 1. The molecule has 0 atom stereocenters. The van der Waals surface area contributed by atoms with Gasteiger partial charge in [0.1, 0.15) is 5.82 Å². The first kappa shape index (κ1) is 17.3. The largest absolute Gasteiger partial charge is 0.268 e. The quantitative estimate of drug-likeness (QED) is 0.494. The zero-order chi connectivity index (χ0) is 17.9. The van der Waals surface area contributed by atoms with Crippen LogP contribution in [-0.2, 0) is 0 Å². The Morgan fingerprint density at radius 3 is 2.69 bits per heavy atom. The number of pyridine rings is 1. The van der Waals surface area contributed by atoms with Crippen LogP contribution in [0.4, 0.5) is 0 Å². The summed E-state index contributed by atoms with van der Waals surface area (Å²) in [6.45, 7) is 2.00. The van der Waals surface area contributed by atoms with E-state index >= 15 is 0 Å². The van der Waals surface area contributed by atoms with Gasteiger partial charge in [0.25, 0.3) is 5.56 Å². The number of thioether (sulfide) groups is 1. The Kier molecular flexibility index (Phi) is 5.07. The predicted molar refractivity (Wildman–Crippen MR) is 107 cm³/mol. The molecule has 0 saturated heterocycles. The van der Waals surface area contributed by atoms with E-state index in [9.17, 15) is 4.79 Å². The Morgan fingerprint density at radius 2 is 1.92 bits per heavy atom. The van der Waals surface area contributed by atoms with Crippen LogP contribution in [0.1, 0.15) is 37.7 Å². The molecule has 134 valence electrons. The highest BCUT2D eigenvalue weighted by molar-refractivity contribution is 7.99. The summed E-state index contributed by atoms with van der Waals surface area (Å²) in [6, 6.07) is 11.4. The number of rotatable bonds is 4. The number of aromatic nitrogens is 3. The van der Waals surface area contributed by atoms with E-state index in [1.54, 1.807) is 22.5 Å². The van der Waals surface area contributed by atoms with Gasteiger partial charge in [-0.15, -0.1) is 0 Å². The van der Waals surface area contributed by atoms with Gasteiger partial charge in [0.15, 0.2) is 5.16 Å². The number of hydrogen-bond acceptors (Lipinski definition) is 4. The van der Waals surface area contributed by atoms with Gasteiger partial charge in [-0.05, 0) is 49.4 Å². The Bertz CT molecular complexity index is 959. The molecule has 0 amide bonds. The lowest BCUT2D eigenvalue weighted by Crippen LogP contribution is -2.23. The highest BCUT2D eigenvalue weighted by atomic mass is 32.2. The third-order valence-electron chi connectivity index (χ3n) is 5.04. The lowest BCUT2D eigenvalue weighted by atomic mass is 9.91. The molecule has 2 aromatic heterocycles. The van der Waals surface area contributed by atoms with Crippen LogP contribution in [-0.4, -0.2) is 20.3 Å². The normalized spacial score (nSPS) is 15.4. The van der Waals surface area contributed by atoms with Gasteiger partial charge in [-0.25, -0.2) is 14.5 Å². The topological polar surface area (TPSA) is 47.8 Å². The lowest BCUT2D eigenvalue weighted by Gasteiger charge is -2.21. The summed E-state index contributed by atoms with van der Waals surface area (Å²) in [5.41, 5.74) is 1.79. The Labute approximate surface area is 157 Å². The minimum absolute atomic E-state index is 0.0434. The maximum atomic E-state index is 13.2.